The minimum absolute atomic E-state index is 0.143. The van der Waals surface area contributed by atoms with Gasteiger partial charge in [0.2, 0.25) is 0 Å². The number of aliphatic hydroxyl groups excluding tert-OH is 3. The van der Waals surface area contributed by atoms with Gasteiger partial charge < -0.3 is 24.8 Å². The lowest BCUT2D eigenvalue weighted by Crippen LogP contribution is -2.62. The van der Waals surface area contributed by atoms with Crippen molar-refractivity contribution in [2.45, 2.75) is 129 Å². The van der Waals surface area contributed by atoms with Gasteiger partial charge in [-0.1, -0.05) is 40.2 Å². The summed E-state index contributed by atoms with van der Waals surface area (Å²) in [6.45, 7) is 12.1. The lowest BCUT2D eigenvalue weighted by atomic mass is 9.43. The van der Waals surface area contributed by atoms with Crippen molar-refractivity contribution in [3.05, 3.63) is 12.7 Å². The normalized spacial score (nSPS) is 41.5. The Labute approximate surface area is 248 Å². The molecular formula is C34H59NO6. The van der Waals surface area contributed by atoms with Crippen molar-refractivity contribution in [2.75, 3.05) is 20.3 Å². The van der Waals surface area contributed by atoms with Crippen molar-refractivity contribution in [3.63, 3.8) is 0 Å². The molecule has 0 aromatic heterocycles. The summed E-state index contributed by atoms with van der Waals surface area (Å²) in [5.41, 5.74) is -0.0631. The highest BCUT2D eigenvalue weighted by Crippen LogP contribution is 2.68. The maximum atomic E-state index is 11.8. The number of unbranched alkanes of at least 4 members (excludes halogenated alkanes) is 3. The zero-order valence-electron chi connectivity index (χ0n) is 26.2. The van der Waals surface area contributed by atoms with Crippen LogP contribution < -0.4 is 5.32 Å². The van der Waals surface area contributed by atoms with Crippen LogP contribution in [0.15, 0.2) is 12.7 Å². The van der Waals surface area contributed by atoms with Crippen LogP contribution in [0.4, 0.5) is 0 Å². The SMILES string of the molecule is C=CC(O)NCCCCCCOC1CCC2(C)C(C1)CC(O)C1C2CC(O)C2(C)C(C(C)CCC(=O)OC)CCC12. The number of carbonyl (C=O) groups excluding carboxylic acids is 1. The molecule has 4 fully saturated rings. The molecule has 4 saturated carbocycles. The molecule has 12 atom stereocenters. The minimum Gasteiger partial charge on any atom is -0.469 e. The van der Waals surface area contributed by atoms with Crippen molar-refractivity contribution in [2.24, 2.45) is 46.3 Å². The molecule has 4 rings (SSSR count). The molecule has 0 aromatic carbocycles. The van der Waals surface area contributed by atoms with E-state index < -0.39 is 6.23 Å². The first-order chi connectivity index (χ1) is 19.6. The monoisotopic (exact) mass is 577 g/mol. The van der Waals surface area contributed by atoms with Crippen molar-refractivity contribution in [1.82, 2.24) is 5.32 Å². The fraction of sp³-hybridized carbons (Fsp3) is 0.912. The molecule has 0 amide bonds. The van der Waals surface area contributed by atoms with E-state index in [1.807, 2.05) is 0 Å². The molecule has 0 bridgehead atoms. The van der Waals surface area contributed by atoms with Gasteiger partial charge in [0, 0.05) is 13.0 Å². The zero-order valence-corrected chi connectivity index (χ0v) is 26.2. The summed E-state index contributed by atoms with van der Waals surface area (Å²) in [6, 6.07) is 0. The van der Waals surface area contributed by atoms with Crippen LogP contribution in [0.5, 0.6) is 0 Å². The Hall–Kier alpha value is -0.990. The summed E-state index contributed by atoms with van der Waals surface area (Å²) in [6.07, 6.45) is 13.0. The number of hydrogen-bond acceptors (Lipinski definition) is 7. The number of esters is 1. The maximum Gasteiger partial charge on any atom is 0.305 e. The van der Waals surface area contributed by atoms with Crippen LogP contribution >= 0.6 is 0 Å². The second-order valence-corrected chi connectivity index (χ2v) is 14.5. The minimum atomic E-state index is -0.617. The molecule has 0 radical (unpaired) electrons. The number of fused-ring (bicyclic) bond motifs is 5. The molecule has 4 aliphatic rings. The van der Waals surface area contributed by atoms with Gasteiger partial charge in [-0.3, -0.25) is 10.1 Å². The quantitative estimate of drug-likeness (QED) is 0.0971. The van der Waals surface area contributed by atoms with E-state index >= 15 is 0 Å². The fourth-order valence-corrected chi connectivity index (χ4v) is 10.1. The Morgan fingerprint density at radius 2 is 1.83 bits per heavy atom. The first-order valence-corrected chi connectivity index (χ1v) is 16.6. The van der Waals surface area contributed by atoms with Crippen molar-refractivity contribution < 1.29 is 29.6 Å². The largest absolute Gasteiger partial charge is 0.469 e. The Balaban J connectivity index is 1.30. The molecule has 0 aromatic rings. The predicted octanol–water partition coefficient (Wildman–Crippen LogP) is 5.22. The van der Waals surface area contributed by atoms with Gasteiger partial charge in [0.25, 0.3) is 0 Å². The van der Waals surface area contributed by atoms with Gasteiger partial charge >= 0.3 is 5.97 Å². The average Bonchev–Trinajstić information content (AvgIpc) is 3.32. The van der Waals surface area contributed by atoms with Crippen molar-refractivity contribution >= 4 is 5.97 Å². The van der Waals surface area contributed by atoms with Gasteiger partial charge in [-0.2, -0.15) is 0 Å². The third-order valence-corrected chi connectivity index (χ3v) is 12.5. The number of hydrogen-bond donors (Lipinski definition) is 4. The van der Waals surface area contributed by atoms with Crippen molar-refractivity contribution in [3.8, 4) is 0 Å². The van der Waals surface area contributed by atoms with E-state index in [1.165, 1.54) is 13.2 Å². The van der Waals surface area contributed by atoms with Crippen LogP contribution in [0, 0.1) is 46.3 Å². The third-order valence-electron chi connectivity index (χ3n) is 12.5. The molecule has 0 aliphatic heterocycles. The Kier molecular flexibility index (Phi) is 11.4. The molecule has 7 nitrogen and oxygen atoms in total. The lowest BCUT2D eigenvalue weighted by Gasteiger charge is -2.63. The summed E-state index contributed by atoms with van der Waals surface area (Å²) in [5.74, 6) is 1.92. The summed E-state index contributed by atoms with van der Waals surface area (Å²) in [5, 5.41) is 36.0. The van der Waals surface area contributed by atoms with Gasteiger partial charge in [-0.05, 0) is 123 Å². The summed E-state index contributed by atoms with van der Waals surface area (Å²) in [7, 11) is 1.45. The van der Waals surface area contributed by atoms with E-state index in [-0.39, 0.29) is 41.0 Å². The van der Waals surface area contributed by atoms with E-state index in [1.54, 1.807) is 0 Å². The van der Waals surface area contributed by atoms with Gasteiger partial charge in [-0.25, -0.2) is 0 Å². The van der Waals surface area contributed by atoms with E-state index in [0.717, 1.165) is 90.2 Å². The molecule has 4 N–H and O–H groups in total. The molecule has 41 heavy (non-hydrogen) atoms. The summed E-state index contributed by atoms with van der Waals surface area (Å²) < 4.78 is 11.3. The highest BCUT2D eigenvalue weighted by molar-refractivity contribution is 5.69. The fourth-order valence-electron chi connectivity index (χ4n) is 10.1. The third kappa shape index (κ3) is 6.90. The first kappa shape index (κ1) is 32.9. The Morgan fingerprint density at radius 3 is 2.56 bits per heavy atom. The molecule has 0 spiro atoms. The number of methoxy groups -OCH3 is 1. The van der Waals surface area contributed by atoms with E-state index in [0.29, 0.717) is 36.0 Å². The second-order valence-electron chi connectivity index (χ2n) is 14.5. The zero-order chi connectivity index (χ0) is 29.8. The van der Waals surface area contributed by atoms with Crippen LogP contribution in [-0.2, 0) is 14.3 Å². The summed E-state index contributed by atoms with van der Waals surface area (Å²) >= 11 is 0. The number of carbonyl (C=O) groups is 1. The highest BCUT2D eigenvalue weighted by Gasteiger charge is 2.65. The molecule has 12 unspecified atom stereocenters. The number of aliphatic hydroxyl groups is 3. The number of ether oxygens (including phenoxy) is 2. The van der Waals surface area contributed by atoms with E-state index in [9.17, 15) is 20.1 Å². The van der Waals surface area contributed by atoms with Gasteiger partial charge in [-0.15, -0.1) is 0 Å². The highest BCUT2D eigenvalue weighted by atomic mass is 16.5. The Bertz CT molecular complexity index is 868. The van der Waals surface area contributed by atoms with Gasteiger partial charge in [0.15, 0.2) is 0 Å². The second kappa shape index (κ2) is 14.2. The molecular weight excluding hydrogens is 518 g/mol. The van der Waals surface area contributed by atoms with Crippen LogP contribution in [0.3, 0.4) is 0 Å². The molecule has 0 saturated heterocycles. The predicted molar refractivity (Wildman–Crippen MR) is 161 cm³/mol. The van der Waals surface area contributed by atoms with Crippen LogP contribution in [-0.4, -0.2) is 66.1 Å². The van der Waals surface area contributed by atoms with E-state index in [4.69, 9.17) is 9.47 Å². The van der Waals surface area contributed by atoms with Crippen molar-refractivity contribution in [1.29, 1.82) is 0 Å². The lowest BCUT2D eigenvalue weighted by molar-refractivity contribution is -0.209. The van der Waals surface area contributed by atoms with Crippen LogP contribution in [0.2, 0.25) is 0 Å². The number of rotatable bonds is 14. The molecule has 236 valence electrons. The van der Waals surface area contributed by atoms with Crippen LogP contribution in [0.1, 0.15) is 104 Å². The molecule has 7 heteroatoms. The average molecular weight is 578 g/mol. The topological polar surface area (TPSA) is 108 Å². The molecule has 4 aliphatic carbocycles. The summed E-state index contributed by atoms with van der Waals surface area (Å²) in [4.78, 5) is 11.8. The molecule has 0 heterocycles. The van der Waals surface area contributed by atoms with Gasteiger partial charge in [0.05, 0.1) is 25.4 Å². The first-order valence-electron chi connectivity index (χ1n) is 16.6. The smallest absolute Gasteiger partial charge is 0.305 e. The standard InChI is InChI=1S/C34H59NO6/c1-6-30(38)35-17-9-7-8-10-18-41-24-15-16-33(3)23(19-24)20-28(36)32-26-13-12-25(22(2)11-14-31(39)40-5)34(26,4)29(37)21-27(32)33/h6,22-30,32,35-38H,1,7-21H2,2-5H3. The van der Waals surface area contributed by atoms with E-state index in [2.05, 4.69) is 32.7 Å². The maximum absolute atomic E-state index is 11.8. The number of nitrogens with one attached hydrogen (secondary N) is 1. The van der Waals surface area contributed by atoms with Crippen LogP contribution in [0.25, 0.3) is 0 Å². The van der Waals surface area contributed by atoms with Gasteiger partial charge in [0.1, 0.15) is 6.23 Å². The Morgan fingerprint density at radius 1 is 1.07 bits per heavy atom.